The first-order valence-electron chi connectivity index (χ1n) is 19.6. The summed E-state index contributed by atoms with van der Waals surface area (Å²) in [6.07, 6.45) is 0. The minimum Gasteiger partial charge on any atom is -0.310 e. The number of fused-ring (bicyclic) bond motifs is 6. The summed E-state index contributed by atoms with van der Waals surface area (Å²) < 4.78 is 19.5. The summed E-state index contributed by atoms with van der Waals surface area (Å²) in [7, 11) is 0. The van der Waals surface area contributed by atoms with E-state index >= 15 is 0 Å². The highest BCUT2D eigenvalue weighted by atomic mass is 19.1. The van der Waals surface area contributed by atoms with E-state index in [1.165, 1.54) is 16.8 Å². The van der Waals surface area contributed by atoms with E-state index in [2.05, 4.69) is 202 Å². The van der Waals surface area contributed by atoms with Gasteiger partial charge in [-0.15, -0.1) is 0 Å². The standard InChI is InChI=1S/C54H36FN3/c55-41-19-14-22-43(34-41)58-52-26-13-11-24-48(52)50-30-28-45(36-54(50)58)56(46-32-39(37-15-4-1-5-16-37)31-40(33-46)38-17-6-2-7-18-38)44-27-29-49-47-23-10-12-25-51(47)57(53(49)35-44)42-20-8-3-9-21-42/h1-36H. The Morgan fingerprint density at radius 3 is 1.28 bits per heavy atom. The highest BCUT2D eigenvalue weighted by molar-refractivity contribution is 6.12. The van der Waals surface area contributed by atoms with Crippen molar-refractivity contribution < 1.29 is 4.39 Å². The normalized spacial score (nSPS) is 11.5. The van der Waals surface area contributed by atoms with Gasteiger partial charge in [-0.3, -0.25) is 0 Å². The van der Waals surface area contributed by atoms with Crippen molar-refractivity contribution in [1.82, 2.24) is 9.13 Å². The van der Waals surface area contributed by atoms with Crippen LogP contribution in [0.4, 0.5) is 21.5 Å². The second-order valence-electron chi connectivity index (χ2n) is 14.8. The van der Waals surface area contributed by atoms with Crippen LogP contribution < -0.4 is 4.90 Å². The molecule has 0 saturated carbocycles. The molecule has 3 nitrogen and oxygen atoms in total. The number of para-hydroxylation sites is 3. The van der Waals surface area contributed by atoms with Gasteiger partial charge in [0, 0.05) is 50.0 Å². The molecule has 0 N–H and O–H groups in total. The lowest BCUT2D eigenvalue weighted by Gasteiger charge is -2.27. The lowest BCUT2D eigenvalue weighted by molar-refractivity contribution is 0.627. The van der Waals surface area contributed by atoms with Gasteiger partial charge < -0.3 is 14.0 Å². The maximum absolute atomic E-state index is 14.9. The molecule has 0 aliphatic heterocycles. The van der Waals surface area contributed by atoms with Gasteiger partial charge in [-0.2, -0.15) is 0 Å². The summed E-state index contributed by atoms with van der Waals surface area (Å²) in [5.41, 5.74) is 13.7. The zero-order valence-corrected chi connectivity index (χ0v) is 31.5. The van der Waals surface area contributed by atoms with Gasteiger partial charge in [-0.25, -0.2) is 4.39 Å². The molecular formula is C54H36FN3. The van der Waals surface area contributed by atoms with Crippen molar-refractivity contribution in [2.45, 2.75) is 0 Å². The SMILES string of the molecule is Fc1cccc(-n2c3ccccc3c3ccc(N(c4cc(-c5ccccc5)cc(-c5ccccc5)c4)c4ccc5c6ccccc6n(-c6ccccc6)c5c4)cc32)c1. The van der Waals surface area contributed by atoms with Crippen molar-refractivity contribution in [2.24, 2.45) is 0 Å². The molecule has 0 radical (unpaired) electrons. The first-order valence-corrected chi connectivity index (χ1v) is 19.6. The predicted molar refractivity (Wildman–Crippen MR) is 241 cm³/mol. The van der Waals surface area contributed by atoms with Crippen LogP contribution in [0.2, 0.25) is 0 Å². The van der Waals surface area contributed by atoms with E-state index in [1.807, 2.05) is 12.1 Å². The van der Waals surface area contributed by atoms with Crippen molar-refractivity contribution in [1.29, 1.82) is 0 Å². The minimum atomic E-state index is -0.269. The molecule has 0 unspecified atom stereocenters. The zero-order chi connectivity index (χ0) is 38.6. The molecule has 2 aromatic heterocycles. The highest BCUT2D eigenvalue weighted by Gasteiger charge is 2.21. The van der Waals surface area contributed by atoms with Gasteiger partial charge in [0.25, 0.3) is 0 Å². The number of halogens is 1. The molecule has 4 heteroatoms. The summed E-state index contributed by atoms with van der Waals surface area (Å²) in [5, 5.41) is 4.61. The fourth-order valence-corrected chi connectivity index (χ4v) is 8.73. The van der Waals surface area contributed by atoms with E-state index in [-0.39, 0.29) is 5.82 Å². The van der Waals surface area contributed by atoms with Crippen LogP contribution in [0.1, 0.15) is 0 Å². The molecule has 11 rings (SSSR count). The molecule has 9 aromatic carbocycles. The molecule has 58 heavy (non-hydrogen) atoms. The lowest BCUT2D eigenvalue weighted by atomic mass is 9.97. The van der Waals surface area contributed by atoms with Crippen LogP contribution in [0.3, 0.4) is 0 Å². The van der Waals surface area contributed by atoms with Gasteiger partial charge in [0.1, 0.15) is 5.82 Å². The van der Waals surface area contributed by atoms with Crippen molar-refractivity contribution in [3.63, 3.8) is 0 Å². The molecule has 0 saturated heterocycles. The Balaban J connectivity index is 1.22. The number of aromatic nitrogens is 2. The summed E-state index contributed by atoms with van der Waals surface area (Å²) in [6.45, 7) is 0. The Labute approximate surface area is 335 Å². The Kier molecular flexibility index (Phi) is 8.00. The maximum Gasteiger partial charge on any atom is 0.125 e. The lowest BCUT2D eigenvalue weighted by Crippen LogP contribution is -2.11. The second-order valence-corrected chi connectivity index (χ2v) is 14.8. The summed E-state index contributed by atoms with van der Waals surface area (Å²) >= 11 is 0. The van der Waals surface area contributed by atoms with Gasteiger partial charge in [-0.1, -0.05) is 133 Å². The Morgan fingerprint density at radius 2 is 0.741 bits per heavy atom. The summed E-state index contributed by atoms with van der Waals surface area (Å²) in [4.78, 5) is 2.37. The fourth-order valence-electron chi connectivity index (χ4n) is 8.73. The van der Waals surface area contributed by atoms with Crippen molar-refractivity contribution in [3.05, 3.63) is 224 Å². The van der Waals surface area contributed by atoms with E-state index in [0.29, 0.717) is 0 Å². The van der Waals surface area contributed by atoms with Gasteiger partial charge in [0.05, 0.1) is 22.1 Å². The quantitative estimate of drug-likeness (QED) is 0.158. The van der Waals surface area contributed by atoms with Crippen LogP contribution in [0, 0.1) is 5.82 Å². The Hall–Kier alpha value is -7.69. The molecule has 0 atom stereocenters. The number of nitrogens with zero attached hydrogens (tertiary/aromatic N) is 3. The van der Waals surface area contributed by atoms with E-state index in [0.717, 1.165) is 83.5 Å². The second kappa shape index (κ2) is 13.8. The van der Waals surface area contributed by atoms with Crippen LogP contribution >= 0.6 is 0 Å². The fraction of sp³-hybridized carbons (Fsp3) is 0. The number of hydrogen-bond acceptors (Lipinski definition) is 1. The first-order chi connectivity index (χ1) is 28.7. The first kappa shape index (κ1) is 33.6. The van der Waals surface area contributed by atoms with E-state index in [4.69, 9.17) is 0 Å². The van der Waals surface area contributed by atoms with Crippen LogP contribution in [0.15, 0.2) is 218 Å². The largest absolute Gasteiger partial charge is 0.310 e. The van der Waals surface area contributed by atoms with E-state index in [1.54, 1.807) is 12.1 Å². The van der Waals surface area contributed by atoms with Crippen LogP contribution in [-0.2, 0) is 0 Å². The Morgan fingerprint density at radius 1 is 0.293 bits per heavy atom. The van der Waals surface area contributed by atoms with Crippen molar-refractivity contribution >= 4 is 60.7 Å². The third-order valence-corrected chi connectivity index (χ3v) is 11.3. The number of hydrogen-bond donors (Lipinski definition) is 0. The molecule has 274 valence electrons. The van der Waals surface area contributed by atoms with Gasteiger partial charge in [-0.05, 0) is 107 Å². The number of benzene rings is 9. The molecule has 2 heterocycles. The van der Waals surface area contributed by atoms with Gasteiger partial charge in [0.2, 0.25) is 0 Å². The van der Waals surface area contributed by atoms with Crippen LogP contribution in [0.5, 0.6) is 0 Å². The van der Waals surface area contributed by atoms with Gasteiger partial charge >= 0.3 is 0 Å². The molecule has 0 bridgehead atoms. The molecule has 11 aromatic rings. The molecule has 0 spiro atoms. The molecule has 0 amide bonds. The minimum absolute atomic E-state index is 0.269. The van der Waals surface area contributed by atoms with E-state index in [9.17, 15) is 4.39 Å². The topological polar surface area (TPSA) is 13.1 Å². The monoisotopic (exact) mass is 745 g/mol. The number of anilines is 3. The van der Waals surface area contributed by atoms with Crippen molar-refractivity contribution in [2.75, 3.05) is 4.90 Å². The maximum atomic E-state index is 14.9. The average Bonchev–Trinajstić information content (AvgIpc) is 3.79. The average molecular weight is 746 g/mol. The van der Waals surface area contributed by atoms with Crippen LogP contribution in [-0.4, -0.2) is 9.13 Å². The third kappa shape index (κ3) is 5.65. The predicted octanol–water partition coefficient (Wildman–Crippen LogP) is 14.8. The third-order valence-electron chi connectivity index (χ3n) is 11.3. The van der Waals surface area contributed by atoms with Crippen molar-refractivity contribution in [3.8, 4) is 33.6 Å². The van der Waals surface area contributed by atoms with E-state index < -0.39 is 0 Å². The Bertz CT molecular complexity index is 3230. The van der Waals surface area contributed by atoms with Crippen LogP contribution in [0.25, 0.3) is 77.2 Å². The highest BCUT2D eigenvalue weighted by Crippen LogP contribution is 2.44. The van der Waals surface area contributed by atoms with Gasteiger partial charge in [0.15, 0.2) is 0 Å². The molecule has 0 aliphatic carbocycles. The molecule has 0 fully saturated rings. The molecular weight excluding hydrogens is 710 g/mol. The summed E-state index contributed by atoms with van der Waals surface area (Å²) in [6, 6.07) is 76.1. The zero-order valence-electron chi connectivity index (χ0n) is 31.5. The number of rotatable bonds is 7. The smallest absolute Gasteiger partial charge is 0.125 e. The summed E-state index contributed by atoms with van der Waals surface area (Å²) in [5.74, 6) is -0.269. The molecule has 0 aliphatic rings.